The van der Waals surface area contributed by atoms with Crippen LogP contribution < -0.4 is 16.2 Å². The molecule has 0 bridgehead atoms. The first kappa shape index (κ1) is 21.7. The number of nitrogens with zero attached hydrogens (tertiary/aromatic N) is 3. The Hall–Kier alpha value is -1.56. The predicted octanol–water partition coefficient (Wildman–Crippen LogP) is 4.58. The molecule has 2 aromatic rings. The second-order valence-corrected chi connectivity index (χ2v) is 7.40. The van der Waals surface area contributed by atoms with Crippen molar-refractivity contribution in [1.82, 2.24) is 9.55 Å². The van der Waals surface area contributed by atoms with Crippen molar-refractivity contribution in [1.29, 1.82) is 0 Å². The van der Waals surface area contributed by atoms with Crippen LogP contribution in [0.15, 0.2) is 29.1 Å². The van der Waals surface area contributed by atoms with E-state index in [1.807, 2.05) is 13.8 Å². The molecule has 2 N–H and O–H groups in total. The minimum absolute atomic E-state index is 0.102. The van der Waals surface area contributed by atoms with Crippen LogP contribution in [-0.4, -0.2) is 28.2 Å². The quantitative estimate of drug-likeness (QED) is 0.803. The molecule has 1 aliphatic heterocycles. The molecule has 0 aliphatic carbocycles. The van der Waals surface area contributed by atoms with Gasteiger partial charge >= 0.3 is 0 Å². The summed E-state index contributed by atoms with van der Waals surface area (Å²) in [6, 6.07) is 6.77. The largest absolute Gasteiger partial charge is 0.356 e. The van der Waals surface area contributed by atoms with Gasteiger partial charge < -0.3 is 10.6 Å². The van der Waals surface area contributed by atoms with Gasteiger partial charge in [-0.1, -0.05) is 50.0 Å². The Morgan fingerprint density at radius 1 is 1.22 bits per heavy atom. The van der Waals surface area contributed by atoms with Crippen molar-refractivity contribution < 1.29 is 0 Å². The zero-order chi connectivity index (χ0) is 20.2. The number of benzene rings is 1. The summed E-state index contributed by atoms with van der Waals surface area (Å²) in [4.78, 5) is 19.5. The molecule has 1 aliphatic rings. The molecule has 2 heterocycles. The van der Waals surface area contributed by atoms with Crippen LogP contribution in [0.2, 0.25) is 10.0 Å². The highest BCUT2D eigenvalue weighted by Crippen LogP contribution is 2.29. The first-order valence-corrected chi connectivity index (χ1v) is 10.2. The van der Waals surface area contributed by atoms with Crippen molar-refractivity contribution in [3.63, 3.8) is 0 Å². The zero-order valence-corrected chi connectivity index (χ0v) is 17.9. The van der Waals surface area contributed by atoms with Gasteiger partial charge in [0.15, 0.2) is 0 Å². The van der Waals surface area contributed by atoms with E-state index >= 15 is 0 Å². The summed E-state index contributed by atoms with van der Waals surface area (Å²) in [7, 11) is 0. The molecule has 1 aromatic carbocycles. The number of hydrogen-bond acceptors (Lipinski definition) is 4. The third-order valence-electron chi connectivity index (χ3n) is 5.03. The Morgan fingerprint density at radius 3 is 2.41 bits per heavy atom. The molecule has 148 valence electrons. The predicted molar refractivity (Wildman–Crippen MR) is 115 cm³/mol. The van der Waals surface area contributed by atoms with Crippen molar-refractivity contribution in [2.75, 3.05) is 18.0 Å². The molecular formula is C20H28Cl2N4O. The number of aryl methyl sites for hydroxylation is 1. The fourth-order valence-corrected chi connectivity index (χ4v) is 3.62. The molecule has 1 fully saturated rings. The number of hydrogen-bond donors (Lipinski definition) is 1. The highest BCUT2D eigenvalue weighted by molar-refractivity contribution is 6.43. The van der Waals surface area contributed by atoms with Crippen LogP contribution in [0.3, 0.4) is 0 Å². The van der Waals surface area contributed by atoms with E-state index in [0.717, 1.165) is 32.4 Å². The molecule has 0 unspecified atom stereocenters. The van der Waals surface area contributed by atoms with Crippen LogP contribution in [0.4, 0.5) is 5.82 Å². The van der Waals surface area contributed by atoms with Gasteiger partial charge in [0.2, 0.25) is 0 Å². The Morgan fingerprint density at radius 2 is 1.85 bits per heavy atom. The standard InChI is InChI=1S/C18H22Cl2N4O.C2H6/c1-3-18(21)7-9-23(10-8-18)15-11-16(25)24(12(2)22-15)14-6-4-5-13(19)17(14)20;1-2/h4-6,11H,3,7-10,21H2,1-2H3;1-2H3. The fourth-order valence-electron chi connectivity index (χ4n) is 3.24. The SMILES string of the molecule is CC.CCC1(N)CCN(c2cc(=O)n(-c3cccc(Cl)c3Cl)c(C)n2)CC1. The first-order chi connectivity index (χ1) is 12.8. The van der Waals surface area contributed by atoms with Crippen molar-refractivity contribution in [3.05, 3.63) is 50.5 Å². The highest BCUT2D eigenvalue weighted by atomic mass is 35.5. The van der Waals surface area contributed by atoms with Crippen LogP contribution in [0.5, 0.6) is 0 Å². The Bertz CT molecular complexity index is 842. The third-order valence-corrected chi connectivity index (χ3v) is 5.84. The Kier molecular flexibility index (Phi) is 7.32. The Labute approximate surface area is 171 Å². The average Bonchev–Trinajstić information content (AvgIpc) is 2.67. The van der Waals surface area contributed by atoms with Crippen molar-refractivity contribution in [3.8, 4) is 5.69 Å². The number of rotatable bonds is 3. The molecule has 0 saturated carbocycles. The van der Waals surface area contributed by atoms with Gasteiger partial charge in [0.05, 0.1) is 15.7 Å². The molecule has 0 amide bonds. The van der Waals surface area contributed by atoms with Gasteiger partial charge in [-0.05, 0) is 38.3 Å². The minimum atomic E-state index is -0.174. The summed E-state index contributed by atoms with van der Waals surface area (Å²) in [5.74, 6) is 1.27. The van der Waals surface area contributed by atoms with Crippen molar-refractivity contribution >= 4 is 29.0 Å². The third kappa shape index (κ3) is 4.65. The van der Waals surface area contributed by atoms with Gasteiger partial charge in [-0.2, -0.15) is 0 Å². The number of aromatic nitrogens is 2. The van der Waals surface area contributed by atoms with Crippen LogP contribution in [-0.2, 0) is 0 Å². The van der Waals surface area contributed by atoms with Gasteiger partial charge in [0.25, 0.3) is 5.56 Å². The lowest BCUT2D eigenvalue weighted by molar-refractivity contribution is 0.322. The van der Waals surface area contributed by atoms with E-state index in [4.69, 9.17) is 28.9 Å². The molecular weight excluding hydrogens is 383 g/mol. The van der Waals surface area contributed by atoms with E-state index in [-0.39, 0.29) is 11.1 Å². The lowest BCUT2D eigenvalue weighted by atomic mass is 9.86. The first-order valence-electron chi connectivity index (χ1n) is 9.43. The molecule has 1 aromatic heterocycles. The summed E-state index contributed by atoms with van der Waals surface area (Å²) >= 11 is 12.3. The summed E-state index contributed by atoms with van der Waals surface area (Å²) in [5, 5.41) is 0.752. The molecule has 5 nitrogen and oxygen atoms in total. The molecule has 0 atom stereocenters. The van der Waals surface area contributed by atoms with Crippen LogP contribution >= 0.6 is 23.2 Å². The molecule has 1 saturated heterocycles. The van der Waals surface area contributed by atoms with Gasteiger partial charge in [0, 0.05) is 24.7 Å². The van der Waals surface area contributed by atoms with E-state index in [2.05, 4.69) is 16.8 Å². The summed E-state index contributed by atoms with van der Waals surface area (Å²) < 4.78 is 1.49. The molecule has 27 heavy (non-hydrogen) atoms. The number of anilines is 1. The average molecular weight is 411 g/mol. The minimum Gasteiger partial charge on any atom is -0.356 e. The topological polar surface area (TPSA) is 64.2 Å². The Balaban J connectivity index is 0.00000126. The number of piperidine rings is 1. The smallest absolute Gasteiger partial charge is 0.260 e. The highest BCUT2D eigenvalue weighted by Gasteiger charge is 2.29. The summed E-state index contributed by atoms with van der Waals surface area (Å²) in [5.41, 5.74) is 6.62. The fraction of sp³-hybridized carbons (Fsp3) is 0.500. The van der Waals surface area contributed by atoms with Crippen molar-refractivity contribution in [2.24, 2.45) is 5.73 Å². The molecule has 0 spiro atoms. The van der Waals surface area contributed by atoms with E-state index < -0.39 is 0 Å². The number of halogens is 2. The maximum Gasteiger partial charge on any atom is 0.260 e. The summed E-state index contributed by atoms with van der Waals surface area (Å²) in [6.45, 7) is 9.52. The van der Waals surface area contributed by atoms with E-state index in [1.54, 1.807) is 31.2 Å². The maximum atomic E-state index is 12.7. The van der Waals surface area contributed by atoms with Crippen molar-refractivity contribution in [2.45, 2.75) is 52.5 Å². The van der Waals surface area contributed by atoms with Crippen LogP contribution in [0.25, 0.3) is 5.69 Å². The van der Waals surface area contributed by atoms with Gasteiger partial charge in [-0.25, -0.2) is 4.98 Å². The maximum absolute atomic E-state index is 12.7. The normalized spacial score (nSPS) is 15.9. The van der Waals surface area contributed by atoms with E-state index in [9.17, 15) is 4.79 Å². The molecule has 7 heteroatoms. The number of nitrogens with two attached hydrogens (primary N) is 1. The van der Waals surface area contributed by atoms with E-state index in [1.165, 1.54) is 4.57 Å². The monoisotopic (exact) mass is 410 g/mol. The second kappa shape index (κ2) is 9.09. The molecule has 0 radical (unpaired) electrons. The zero-order valence-electron chi connectivity index (χ0n) is 16.4. The second-order valence-electron chi connectivity index (χ2n) is 6.61. The lowest BCUT2D eigenvalue weighted by Crippen LogP contribution is -2.50. The van der Waals surface area contributed by atoms with Gasteiger partial charge in [0.1, 0.15) is 11.6 Å². The molecule has 3 rings (SSSR count). The summed E-state index contributed by atoms with van der Waals surface area (Å²) in [6.07, 6.45) is 2.75. The van der Waals surface area contributed by atoms with Gasteiger partial charge in [-0.3, -0.25) is 9.36 Å². The lowest BCUT2D eigenvalue weighted by Gasteiger charge is -2.39. The van der Waals surface area contributed by atoms with Crippen LogP contribution in [0.1, 0.15) is 45.9 Å². The van der Waals surface area contributed by atoms with Crippen LogP contribution in [0, 0.1) is 6.92 Å². The van der Waals surface area contributed by atoms with E-state index in [0.29, 0.717) is 27.4 Å². The van der Waals surface area contributed by atoms with Gasteiger partial charge in [-0.15, -0.1) is 0 Å².